The lowest BCUT2D eigenvalue weighted by molar-refractivity contribution is -0.138. The number of anilines is 1. The summed E-state index contributed by atoms with van der Waals surface area (Å²) in [5, 5.41) is 4.22. The molecule has 0 saturated carbocycles. The number of sulfonamides is 1. The van der Waals surface area contributed by atoms with Crippen LogP contribution in [0.5, 0.6) is 0 Å². The van der Waals surface area contributed by atoms with Crippen LogP contribution < -0.4 is 4.72 Å². The first-order valence-corrected chi connectivity index (χ1v) is 5.78. The van der Waals surface area contributed by atoms with Crippen LogP contribution in [-0.2, 0) is 16.2 Å². The van der Waals surface area contributed by atoms with Gasteiger partial charge in [0, 0.05) is 0 Å². The van der Waals surface area contributed by atoms with E-state index in [1.165, 1.54) is 0 Å². The second kappa shape index (κ2) is 3.35. The maximum atomic E-state index is 12.0. The molecule has 5 nitrogen and oxygen atoms in total. The van der Waals surface area contributed by atoms with Crippen molar-refractivity contribution in [2.75, 3.05) is 11.0 Å². The van der Waals surface area contributed by atoms with Crippen molar-refractivity contribution in [2.45, 2.75) is 6.18 Å². The van der Waals surface area contributed by atoms with Crippen molar-refractivity contribution in [2.24, 2.45) is 0 Å². The smallest absolute Gasteiger partial charge is 0.257 e. The maximum Gasteiger partial charge on any atom is 0.445 e. The Morgan fingerprint density at radius 1 is 1.36 bits per heavy atom. The van der Waals surface area contributed by atoms with Crippen LogP contribution in [-0.4, -0.2) is 24.9 Å². The minimum atomic E-state index is -4.60. The van der Waals surface area contributed by atoms with Gasteiger partial charge in [0.05, 0.1) is 6.26 Å². The summed E-state index contributed by atoms with van der Waals surface area (Å²) in [5.41, 5.74) is 0. The maximum absolute atomic E-state index is 12.0. The van der Waals surface area contributed by atoms with Crippen LogP contribution in [0.25, 0.3) is 0 Å². The molecule has 1 aromatic rings. The summed E-state index contributed by atoms with van der Waals surface area (Å²) in [6.45, 7) is 0. The van der Waals surface area contributed by atoms with Crippen molar-refractivity contribution >= 4 is 26.5 Å². The molecule has 10 heteroatoms. The Balaban J connectivity index is 2.90. The molecule has 0 bridgehead atoms. The van der Waals surface area contributed by atoms with Gasteiger partial charge in [0.25, 0.3) is 0 Å². The molecule has 0 aromatic carbocycles. The Labute approximate surface area is 81.0 Å². The molecule has 0 saturated heterocycles. The molecule has 1 heterocycles. The summed E-state index contributed by atoms with van der Waals surface area (Å²) in [5.74, 6) is 0. The van der Waals surface area contributed by atoms with Gasteiger partial charge < -0.3 is 0 Å². The van der Waals surface area contributed by atoms with Gasteiger partial charge in [-0.3, -0.25) is 4.72 Å². The molecule has 0 unspecified atom stereocenters. The minimum Gasteiger partial charge on any atom is -0.257 e. The van der Waals surface area contributed by atoms with Crippen LogP contribution in [0.3, 0.4) is 0 Å². The van der Waals surface area contributed by atoms with E-state index in [0.29, 0.717) is 0 Å². The number of hydrogen-bond donors (Lipinski definition) is 1. The minimum absolute atomic E-state index is 0.129. The molecule has 0 aliphatic heterocycles. The van der Waals surface area contributed by atoms with E-state index in [0.717, 1.165) is 6.26 Å². The zero-order valence-electron chi connectivity index (χ0n) is 6.66. The number of rotatable bonds is 2. The van der Waals surface area contributed by atoms with Gasteiger partial charge in [-0.2, -0.15) is 13.2 Å². The van der Waals surface area contributed by atoms with E-state index in [4.69, 9.17) is 0 Å². The van der Waals surface area contributed by atoms with Gasteiger partial charge >= 0.3 is 6.18 Å². The van der Waals surface area contributed by atoms with Crippen LogP contribution >= 0.6 is 11.3 Å². The first-order chi connectivity index (χ1) is 6.18. The van der Waals surface area contributed by atoms with E-state index in [2.05, 4.69) is 10.2 Å². The lowest BCUT2D eigenvalue weighted by Crippen LogP contribution is -2.09. The third-order valence-corrected chi connectivity index (χ3v) is 2.52. The van der Waals surface area contributed by atoms with Crippen molar-refractivity contribution in [1.82, 2.24) is 10.2 Å². The summed E-state index contributed by atoms with van der Waals surface area (Å²) < 4.78 is 58.9. The van der Waals surface area contributed by atoms with Crippen LogP contribution in [0.2, 0.25) is 0 Å². The fourth-order valence-electron chi connectivity index (χ4n) is 0.538. The summed E-state index contributed by atoms with van der Waals surface area (Å²) in [6, 6.07) is 0. The van der Waals surface area contributed by atoms with Crippen molar-refractivity contribution in [3.8, 4) is 0 Å². The largest absolute Gasteiger partial charge is 0.445 e. The number of alkyl halides is 3. The Kier molecular flexibility index (Phi) is 2.67. The predicted molar refractivity (Wildman–Crippen MR) is 43.4 cm³/mol. The third-order valence-electron chi connectivity index (χ3n) is 0.940. The van der Waals surface area contributed by atoms with E-state index < -0.39 is 26.3 Å². The second-order valence-corrected chi connectivity index (χ2v) is 5.01. The molecule has 1 N–H and O–H groups in total. The SMILES string of the molecule is CS(=O)(=O)Nc1nnc(C(F)(F)F)s1. The Bertz CT molecular complexity index is 423. The molecular weight excluding hydrogens is 243 g/mol. The van der Waals surface area contributed by atoms with Crippen molar-refractivity contribution in [3.05, 3.63) is 5.01 Å². The van der Waals surface area contributed by atoms with Crippen molar-refractivity contribution in [3.63, 3.8) is 0 Å². The van der Waals surface area contributed by atoms with E-state index >= 15 is 0 Å². The van der Waals surface area contributed by atoms with Gasteiger partial charge in [0.15, 0.2) is 0 Å². The average Bonchev–Trinajstić information content (AvgIpc) is 2.29. The second-order valence-electron chi connectivity index (χ2n) is 2.28. The molecule has 0 fully saturated rings. The quantitative estimate of drug-likeness (QED) is 0.843. The Morgan fingerprint density at radius 3 is 2.29 bits per heavy atom. The third kappa shape index (κ3) is 3.10. The van der Waals surface area contributed by atoms with E-state index in [1.54, 1.807) is 4.72 Å². The van der Waals surface area contributed by atoms with E-state index in [9.17, 15) is 21.6 Å². The average molecular weight is 247 g/mol. The monoisotopic (exact) mass is 247 g/mol. The van der Waals surface area contributed by atoms with Crippen molar-refractivity contribution < 1.29 is 21.6 Å². The predicted octanol–water partition coefficient (Wildman–Crippen LogP) is 0.928. The molecule has 0 amide bonds. The van der Waals surface area contributed by atoms with Gasteiger partial charge in [-0.1, -0.05) is 11.3 Å². The highest BCUT2D eigenvalue weighted by Gasteiger charge is 2.35. The van der Waals surface area contributed by atoms with E-state index in [1.807, 2.05) is 0 Å². The van der Waals surface area contributed by atoms with Crippen LogP contribution in [0.1, 0.15) is 5.01 Å². The molecule has 80 valence electrons. The molecular formula is C4H4F3N3O2S2. The first-order valence-electron chi connectivity index (χ1n) is 3.07. The summed E-state index contributed by atoms with van der Waals surface area (Å²) >= 11 is 0.129. The highest BCUT2D eigenvalue weighted by molar-refractivity contribution is 7.92. The van der Waals surface area contributed by atoms with Gasteiger partial charge in [-0.05, 0) is 0 Å². The number of hydrogen-bond acceptors (Lipinski definition) is 5. The zero-order valence-corrected chi connectivity index (χ0v) is 8.29. The number of nitrogens with one attached hydrogen (secondary N) is 1. The first kappa shape index (κ1) is 11.2. The highest BCUT2D eigenvalue weighted by atomic mass is 32.2. The molecule has 1 rings (SSSR count). The topological polar surface area (TPSA) is 72.0 Å². The Morgan fingerprint density at radius 2 is 1.93 bits per heavy atom. The highest BCUT2D eigenvalue weighted by Crippen LogP contribution is 2.33. The number of nitrogens with zero attached hydrogens (tertiary/aromatic N) is 2. The molecule has 0 radical (unpaired) electrons. The lowest BCUT2D eigenvalue weighted by atomic mass is 10.7. The lowest BCUT2D eigenvalue weighted by Gasteiger charge is -1.98. The van der Waals surface area contributed by atoms with Crippen LogP contribution in [0.4, 0.5) is 18.3 Å². The number of halogens is 3. The van der Waals surface area contributed by atoms with Gasteiger partial charge in [0.2, 0.25) is 20.2 Å². The molecule has 0 atom stereocenters. The van der Waals surface area contributed by atoms with Crippen molar-refractivity contribution in [1.29, 1.82) is 0 Å². The van der Waals surface area contributed by atoms with Gasteiger partial charge in [-0.15, -0.1) is 10.2 Å². The molecule has 0 spiro atoms. The summed E-state index contributed by atoms with van der Waals surface area (Å²) in [4.78, 5) is 0. The van der Waals surface area contributed by atoms with Gasteiger partial charge in [-0.25, -0.2) is 8.42 Å². The van der Waals surface area contributed by atoms with Crippen LogP contribution in [0.15, 0.2) is 0 Å². The summed E-state index contributed by atoms with van der Waals surface area (Å²) in [6.07, 6.45) is -3.79. The normalized spacial score (nSPS) is 12.9. The standard InChI is InChI=1S/C4H4F3N3O2S2/c1-14(11,12)10-3-9-8-2(13-3)4(5,6)7/h1H3,(H,9,10). The molecule has 0 aliphatic carbocycles. The van der Waals surface area contributed by atoms with Crippen LogP contribution in [0, 0.1) is 0 Å². The zero-order chi connectivity index (χ0) is 11.0. The Hall–Kier alpha value is -0.900. The summed E-state index contributed by atoms with van der Waals surface area (Å²) in [7, 11) is -3.62. The number of aromatic nitrogens is 2. The fraction of sp³-hybridized carbons (Fsp3) is 0.500. The molecule has 14 heavy (non-hydrogen) atoms. The molecule has 0 aliphatic rings. The van der Waals surface area contributed by atoms with Gasteiger partial charge in [0.1, 0.15) is 0 Å². The van der Waals surface area contributed by atoms with E-state index in [-0.39, 0.29) is 11.3 Å². The molecule has 1 aromatic heterocycles. The fourth-order valence-corrected chi connectivity index (χ4v) is 1.98.